The predicted molar refractivity (Wildman–Crippen MR) is 130 cm³/mol. The number of hydrogen-bond acceptors (Lipinski definition) is 4. The van der Waals surface area contributed by atoms with E-state index in [4.69, 9.17) is 8.61 Å². The zero-order chi connectivity index (χ0) is 23.4. The first-order chi connectivity index (χ1) is 14.3. The summed E-state index contributed by atoms with van der Waals surface area (Å²) in [6.07, 6.45) is -0.249. The van der Waals surface area contributed by atoms with Gasteiger partial charge in [0, 0.05) is 0 Å². The number of hydrogen-bond donors (Lipinski definition) is 0. The van der Waals surface area contributed by atoms with Gasteiger partial charge in [-0.1, -0.05) is 89.1 Å². The lowest BCUT2D eigenvalue weighted by molar-refractivity contribution is 0.0117. The third kappa shape index (κ3) is 6.51. The summed E-state index contributed by atoms with van der Waals surface area (Å²) < 4.78 is 39.3. The second-order valence-corrected chi connectivity index (χ2v) is 16.3. The first-order valence-electron chi connectivity index (χ1n) is 11.0. The van der Waals surface area contributed by atoms with Crippen LogP contribution in [0.2, 0.25) is 18.1 Å². The molecule has 0 amide bonds. The fourth-order valence-corrected chi connectivity index (χ4v) is 5.53. The standard InChI is InChI=1S/C25H38O4SSi/c1-9-20(3)23(29-31(7,8)25(4,5)6)24(21-13-11-10-12-14-21)28-30(26,27)22-17-15-19(2)16-18-22/h10-18,20,23-24H,9H2,1-8H3/t20-,23-,24?/m1/s1. The Hall–Kier alpha value is -1.47. The first kappa shape index (κ1) is 25.8. The SMILES string of the molecule is CC[C@@H](C)[C@@H](O[Si](C)(C)C(C)(C)C)C(OS(=O)(=O)c1ccc(C)cc1)c1ccccc1. The molecule has 2 aromatic carbocycles. The van der Waals surface area contributed by atoms with Gasteiger partial charge in [0.15, 0.2) is 8.32 Å². The van der Waals surface area contributed by atoms with Crippen molar-refractivity contribution in [2.75, 3.05) is 0 Å². The molecule has 0 bridgehead atoms. The minimum atomic E-state index is -3.97. The van der Waals surface area contributed by atoms with Crippen LogP contribution in [0.4, 0.5) is 0 Å². The molecule has 0 saturated heterocycles. The first-order valence-corrected chi connectivity index (χ1v) is 15.3. The molecule has 0 heterocycles. The van der Waals surface area contributed by atoms with Crippen molar-refractivity contribution in [2.24, 2.45) is 5.92 Å². The lowest BCUT2D eigenvalue weighted by Gasteiger charge is -2.43. The molecular formula is C25H38O4SSi. The van der Waals surface area contributed by atoms with Crippen LogP contribution in [0.3, 0.4) is 0 Å². The molecule has 0 spiro atoms. The van der Waals surface area contributed by atoms with Crippen molar-refractivity contribution in [3.05, 3.63) is 65.7 Å². The van der Waals surface area contributed by atoms with E-state index >= 15 is 0 Å². The third-order valence-corrected chi connectivity index (χ3v) is 12.2. The van der Waals surface area contributed by atoms with E-state index in [-0.39, 0.29) is 22.0 Å². The molecule has 0 aliphatic rings. The van der Waals surface area contributed by atoms with E-state index in [0.29, 0.717) is 0 Å². The highest BCUT2D eigenvalue weighted by atomic mass is 32.2. The molecule has 0 N–H and O–H groups in total. The maximum Gasteiger partial charge on any atom is 0.297 e. The summed E-state index contributed by atoms with van der Waals surface area (Å²) in [6, 6.07) is 16.3. The largest absolute Gasteiger partial charge is 0.411 e. The molecule has 3 atom stereocenters. The number of aryl methyl sites for hydroxylation is 1. The molecule has 2 rings (SSSR count). The molecule has 0 saturated carbocycles. The molecule has 0 aromatic heterocycles. The Kier molecular flexibility index (Phi) is 8.31. The van der Waals surface area contributed by atoms with Gasteiger partial charge in [0.05, 0.1) is 11.0 Å². The second-order valence-electron chi connectivity index (χ2n) is 9.92. The van der Waals surface area contributed by atoms with E-state index in [0.717, 1.165) is 17.5 Å². The van der Waals surface area contributed by atoms with Crippen molar-refractivity contribution in [1.82, 2.24) is 0 Å². The van der Waals surface area contributed by atoms with Crippen LogP contribution in [-0.4, -0.2) is 22.8 Å². The molecule has 31 heavy (non-hydrogen) atoms. The number of rotatable bonds is 9. The van der Waals surface area contributed by atoms with Crippen LogP contribution < -0.4 is 0 Å². The Morgan fingerprint density at radius 2 is 1.52 bits per heavy atom. The van der Waals surface area contributed by atoms with Crippen molar-refractivity contribution in [1.29, 1.82) is 0 Å². The third-order valence-electron chi connectivity index (χ3n) is 6.41. The van der Waals surface area contributed by atoms with Crippen LogP contribution in [0.5, 0.6) is 0 Å². The van der Waals surface area contributed by atoms with Gasteiger partial charge in [-0.25, -0.2) is 0 Å². The molecule has 0 aliphatic heterocycles. The van der Waals surface area contributed by atoms with Crippen molar-refractivity contribution in [3.8, 4) is 0 Å². The van der Waals surface area contributed by atoms with Gasteiger partial charge in [-0.3, -0.25) is 4.18 Å². The van der Waals surface area contributed by atoms with Crippen LogP contribution in [0.25, 0.3) is 0 Å². The summed E-state index contributed by atoms with van der Waals surface area (Å²) in [6.45, 7) is 17.1. The number of benzene rings is 2. The van der Waals surface area contributed by atoms with Gasteiger partial charge >= 0.3 is 0 Å². The Balaban J connectivity index is 2.53. The van der Waals surface area contributed by atoms with E-state index in [1.807, 2.05) is 37.3 Å². The van der Waals surface area contributed by atoms with Gasteiger partial charge in [0.1, 0.15) is 6.10 Å². The second kappa shape index (κ2) is 9.99. The van der Waals surface area contributed by atoms with Gasteiger partial charge < -0.3 is 4.43 Å². The van der Waals surface area contributed by atoms with Crippen LogP contribution in [0.15, 0.2) is 59.5 Å². The summed E-state index contributed by atoms with van der Waals surface area (Å²) in [7, 11) is -6.15. The smallest absolute Gasteiger partial charge is 0.297 e. The average molecular weight is 463 g/mol. The summed E-state index contributed by atoms with van der Waals surface area (Å²) >= 11 is 0. The van der Waals surface area contributed by atoms with Crippen molar-refractivity contribution < 1.29 is 17.0 Å². The summed E-state index contributed by atoms with van der Waals surface area (Å²) in [5, 5.41) is -0.00419. The van der Waals surface area contributed by atoms with Gasteiger partial charge in [-0.15, -0.1) is 0 Å². The Labute approximate surface area is 190 Å². The highest BCUT2D eigenvalue weighted by Gasteiger charge is 2.43. The van der Waals surface area contributed by atoms with Gasteiger partial charge in [0.25, 0.3) is 10.1 Å². The van der Waals surface area contributed by atoms with Crippen LogP contribution in [0.1, 0.15) is 58.3 Å². The molecule has 6 heteroatoms. The van der Waals surface area contributed by atoms with Crippen molar-refractivity contribution in [2.45, 2.75) is 83.2 Å². The molecule has 2 aromatic rings. The quantitative estimate of drug-likeness (QED) is 0.301. The van der Waals surface area contributed by atoms with E-state index < -0.39 is 24.5 Å². The van der Waals surface area contributed by atoms with Gasteiger partial charge in [0.2, 0.25) is 0 Å². The monoisotopic (exact) mass is 462 g/mol. The molecule has 1 unspecified atom stereocenters. The lowest BCUT2D eigenvalue weighted by Crippen LogP contribution is -2.47. The zero-order valence-electron chi connectivity index (χ0n) is 20.2. The molecule has 4 nitrogen and oxygen atoms in total. The minimum absolute atomic E-state index is 0.00419. The summed E-state index contributed by atoms with van der Waals surface area (Å²) in [5.74, 6) is 0.118. The summed E-state index contributed by atoms with van der Waals surface area (Å²) in [4.78, 5) is 0.161. The van der Waals surface area contributed by atoms with E-state index in [1.165, 1.54) is 0 Å². The van der Waals surface area contributed by atoms with E-state index in [9.17, 15) is 8.42 Å². The average Bonchev–Trinajstić information content (AvgIpc) is 2.70. The fraction of sp³-hybridized carbons (Fsp3) is 0.520. The predicted octanol–water partition coefficient (Wildman–Crippen LogP) is 6.88. The Morgan fingerprint density at radius 1 is 0.968 bits per heavy atom. The van der Waals surface area contributed by atoms with Crippen LogP contribution in [-0.2, 0) is 18.7 Å². The maximum absolute atomic E-state index is 13.2. The Bertz CT molecular complexity index is 932. The minimum Gasteiger partial charge on any atom is -0.411 e. The van der Waals surface area contributed by atoms with Gasteiger partial charge in [-0.2, -0.15) is 8.42 Å². The fourth-order valence-electron chi connectivity index (χ4n) is 3.07. The van der Waals surface area contributed by atoms with E-state index in [1.54, 1.807) is 24.3 Å². The normalized spacial score (nSPS) is 16.0. The maximum atomic E-state index is 13.2. The Morgan fingerprint density at radius 3 is 2.00 bits per heavy atom. The molecular weight excluding hydrogens is 424 g/mol. The summed E-state index contributed by atoms with van der Waals surface area (Å²) in [5.41, 5.74) is 1.81. The van der Waals surface area contributed by atoms with Crippen molar-refractivity contribution >= 4 is 18.4 Å². The zero-order valence-corrected chi connectivity index (χ0v) is 22.0. The lowest BCUT2D eigenvalue weighted by atomic mass is 9.93. The molecule has 0 aliphatic carbocycles. The van der Waals surface area contributed by atoms with Gasteiger partial charge in [-0.05, 0) is 48.7 Å². The molecule has 0 radical (unpaired) electrons. The molecule has 172 valence electrons. The van der Waals surface area contributed by atoms with E-state index in [2.05, 4.69) is 47.7 Å². The highest BCUT2D eigenvalue weighted by molar-refractivity contribution is 7.86. The van der Waals surface area contributed by atoms with Crippen molar-refractivity contribution in [3.63, 3.8) is 0 Å². The molecule has 0 fully saturated rings. The topological polar surface area (TPSA) is 52.6 Å². The van der Waals surface area contributed by atoms with Crippen LogP contribution in [0, 0.1) is 12.8 Å². The van der Waals surface area contributed by atoms with Crippen LogP contribution >= 0.6 is 0 Å². The highest BCUT2D eigenvalue weighted by Crippen LogP contribution is 2.42.